The lowest BCUT2D eigenvalue weighted by Gasteiger charge is -2.34. The molecule has 1 aliphatic rings. The summed E-state index contributed by atoms with van der Waals surface area (Å²) in [6, 6.07) is 0.226. The summed E-state index contributed by atoms with van der Waals surface area (Å²) in [7, 11) is 0. The van der Waals surface area contributed by atoms with Gasteiger partial charge < -0.3 is 5.11 Å². The normalized spacial score (nSPS) is 21.1. The van der Waals surface area contributed by atoms with Gasteiger partial charge in [-0.1, -0.05) is 6.42 Å². The van der Waals surface area contributed by atoms with Crippen LogP contribution in [0.25, 0.3) is 0 Å². The molecule has 2 rings (SSSR count). The Bertz CT molecular complexity index is 405. The van der Waals surface area contributed by atoms with Crippen molar-refractivity contribution in [2.24, 2.45) is 0 Å². The van der Waals surface area contributed by atoms with E-state index in [1.54, 1.807) is 11.3 Å². The van der Waals surface area contributed by atoms with Crippen LogP contribution in [0.5, 0.6) is 0 Å². The van der Waals surface area contributed by atoms with E-state index in [2.05, 4.69) is 9.88 Å². The third-order valence-electron chi connectivity index (χ3n) is 3.63. The first-order valence-corrected chi connectivity index (χ1v) is 7.39. The molecule has 0 bridgehead atoms. The van der Waals surface area contributed by atoms with Crippen molar-refractivity contribution >= 4 is 17.3 Å². The van der Waals surface area contributed by atoms with Crippen molar-refractivity contribution in [1.82, 2.24) is 9.88 Å². The first-order valence-electron chi connectivity index (χ1n) is 6.51. The van der Waals surface area contributed by atoms with Gasteiger partial charge in [0, 0.05) is 17.5 Å². The molecular formula is C13H20N2O2S. The fourth-order valence-corrected chi connectivity index (χ4v) is 3.37. The standard InChI is InChI=1S/C13H20N2O2S/c1-10-12(18-9-14-10)5-7-15-6-3-2-4-11(15)8-13(16)17/h9,11H,2-8H2,1H3,(H,16,17). The summed E-state index contributed by atoms with van der Waals surface area (Å²) in [5, 5.41) is 8.95. The van der Waals surface area contributed by atoms with Crippen molar-refractivity contribution in [1.29, 1.82) is 0 Å². The second-order valence-corrected chi connectivity index (χ2v) is 5.83. The van der Waals surface area contributed by atoms with Gasteiger partial charge in [0.2, 0.25) is 0 Å². The number of carboxylic acid groups (broad SMARTS) is 1. The molecular weight excluding hydrogens is 248 g/mol. The summed E-state index contributed by atoms with van der Waals surface area (Å²) in [4.78, 5) is 18.8. The number of piperidine rings is 1. The van der Waals surface area contributed by atoms with Gasteiger partial charge in [0.05, 0.1) is 17.6 Å². The smallest absolute Gasteiger partial charge is 0.304 e. The zero-order valence-electron chi connectivity index (χ0n) is 10.8. The Morgan fingerprint density at radius 3 is 3.11 bits per heavy atom. The molecule has 1 N–H and O–H groups in total. The minimum atomic E-state index is -0.680. The number of rotatable bonds is 5. The van der Waals surface area contributed by atoms with E-state index in [0.717, 1.165) is 38.0 Å². The molecule has 0 amide bonds. The van der Waals surface area contributed by atoms with Crippen LogP contribution in [0.2, 0.25) is 0 Å². The van der Waals surface area contributed by atoms with Gasteiger partial charge in [0.25, 0.3) is 0 Å². The Morgan fingerprint density at radius 2 is 2.44 bits per heavy atom. The van der Waals surface area contributed by atoms with E-state index in [9.17, 15) is 4.79 Å². The Balaban J connectivity index is 1.89. The Kier molecular flexibility index (Phi) is 4.72. The number of aromatic nitrogens is 1. The molecule has 1 atom stereocenters. The molecule has 1 unspecified atom stereocenters. The summed E-state index contributed by atoms with van der Waals surface area (Å²) in [5.74, 6) is -0.680. The molecule has 1 aromatic rings. The Hall–Kier alpha value is -0.940. The molecule has 1 aromatic heterocycles. The maximum atomic E-state index is 10.9. The molecule has 100 valence electrons. The summed E-state index contributed by atoms with van der Waals surface area (Å²) in [6.45, 7) is 4.04. The molecule has 0 aliphatic carbocycles. The number of likely N-dealkylation sites (tertiary alicyclic amines) is 1. The van der Waals surface area contributed by atoms with Gasteiger partial charge in [0.15, 0.2) is 0 Å². The summed E-state index contributed by atoms with van der Waals surface area (Å²) in [5.41, 5.74) is 3.00. The van der Waals surface area contributed by atoms with Gasteiger partial charge in [-0.3, -0.25) is 9.69 Å². The highest BCUT2D eigenvalue weighted by molar-refractivity contribution is 7.09. The van der Waals surface area contributed by atoms with Crippen molar-refractivity contribution in [2.45, 2.75) is 45.1 Å². The van der Waals surface area contributed by atoms with Gasteiger partial charge >= 0.3 is 5.97 Å². The third-order valence-corrected chi connectivity index (χ3v) is 4.63. The quantitative estimate of drug-likeness (QED) is 0.890. The predicted octanol–water partition coefficient (Wildman–Crippen LogP) is 2.32. The molecule has 18 heavy (non-hydrogen) atoms. The highest BCUT2D eigenvalue weighted by Gasteiger charge is 2.24. The first kappa shape index (κ1) is 13.5. The average molecular weight is 268 g/mol. The molecule has 0 radical (unpaired) electrons. The highest BCUT2D eigenvalue weighted by Crippen LogP contribution is 2.21. The van der Waals surface area contributed by atoms with Crippen LogP contribution in [0.15, 0.2) is 5.51 Å². The highest BCUT2D eigenvalue weighted by atomic mass is 32.1. The Labute approximate surface area is 112 Å². The number of nitrogens with zero attached hydrogens (tertiary/aromatic N) is 2. The van der Waals surface area contributed by atoms with Gasteiger partial charge in [0.1, 0.15) is 0 Å². The summed E-state index contributed by atoms with van der Waals surface area (Å²) in [6.07, 6.45) is 4.65. The van der Waals surface area contributed by atoms with E-state index in [-0.39, 0.29) is 12.5 Å². The third kappa shape index (κ3) is 3.53. The monoisotopic (exact) mass is 268 g/mol. The van der Waals surface area contributed by atoms with Crippen LogP contribution < -0.4 is 0 Å². The molecule has 0 aromatic carbocycles. The Morgan fingerprint density at radius 1 is 1.61 bits per heavy atom. The minimum absolute atomic E-state index is 0.226. The largest absolute Gasteiger partial charge is 0.481 e. The average Bonchev–Trinajstić information content (AvgIpc) is 2.73. The lowest BCUT2D eigenvalue weighted by atomic mass is 9.99. The molecule has 4 nitrogen and oxygen atoms in total. The zero-order valence-corrected chi connectivity index (χ0v) is 11.6. The second kappa shape index (κ2) is 6.29. The number of hydrogen-bond acceptors (Lipinski definition) is 4. The van der Waals surface area contributed by atoms with Gasteiger partial charge in [-0.05, 0) is 32.7 Å². The fourth-order valence-electron chi connectivity index (χ4n) is 2.60. The number of aryl methyl sites for hydroxylation is 1. The number of carboxylic acids is 1. The van der Waals surface area contributed by atoms with Crippen molar-refractivity contribution in [3.05, 3.63) is 16.1 Å². The number of thiazole rings is 1. The molecule has 1 saturated heterocycles. The summed E-state index contributed by atoms with van der Waals surface area (Å²) < 4.78 is 0. The van der Waals surface area contributed by atoms with Crippen LogP contribution in [0.1, 0.15) is 36.3 Å². The number of hydrogen-bond donors (Lipinski definition) is 1. The van der Waals surface area contributed by atoms with Crippen molar-refractivity contribution in [3.8, 4) is 0 Å². The maximum Gasteiger partial charge on any atom is 0.304 e. The van der Waals surface area contributed by atoms with Crippen molar-refractivity contribution in [3.63, 3.8) is 0 Å². The van der Waals surface area contributed by atoms with Crippen LogP contribution in [0.3, 0.4) is 0 Å². The van der Waals surface area contributed by atoms with Crippen LogP contribution in [-0.2, 0) is 11.2 Å². The van der Waals surface area contributed by atoms with E-state index in [1.807, 2.05) is 12.4 Å². The molecule has 0 saturated carbocycles. The predicted molar refractivity (Wildman–Crippen MR) is 72.0 cm³/mol. The van der Waals surface area contributed by atoms with E-state index in [0.29, 0.717) is 0 Å². The topological polar surface area (TPSA) is 53.4 Å². The van der Waals surface area contributed by atoms with E-state index in [1.165, 1.54) is 11.3 Å². The number of carbonyl (C=O) groups is 1. The molecule has 5 heteroatoms. The van der Waals surface area contributed by atoms with Gasteiger partial charge in [-0.25, -0.2) is 4.98 Å². The first-order chi connectivity index (χ1) is 8.66. The lowest BCUT2D eigenvalue weighted by molar-refractivity contribution is -0.138. The SMILES string of the molecule is Cc1ncsc1CCN1CCCCC1CC(=O)O. The molecule has 0 spiro atoms. The fraction of sp³-hybridized carbons (Fsp3) is 0.692. The van der Waals surface area contributed by atoms with Crippen molar-refractivity contribution in [2.75, 3.05) is 13.1 Å². The second-order valence-electron chi connectivity index (χ2n) is 4.89. The number of aliphatic carboxylic acids is 1. The lowest BCUT2D eigenvalue weighted by Crippen LogP contribution is -2.41. The van der Waals surface area contributed by atoms with E-state index in [4.69, 9.17) is 5.11 Å². The minimum Gasteiger partial charge on any atom is -0.481 e. The molecule has 2 heterocycles. The zero-order chi connectivity index (χ0) is 13.0. The van der Waals surface area contributed by atoms with Crippen LogP contribution in [0, 0.1) is 6.92 Å². The van der Waals surface area contributed by atoms with E-state index < -0.39 is 5.97 Å². The summed E-state index contributed by atoms with van der Waals surface area (Å²) >= 11 is 1.70. The molecule has 1 aliphatic heterocycles. The van der Waals surface area contributed by atoms with Crippen LogP contribution in [0.4, 0.5) is 0 Å². The molecule has 1 fully saturated rings. The van der Waals surface area contributed by atoms with Gasteiger partial charge in [-0.2, -0.15) is 0 Å². The van der Waals surface area contributed by atoms with Gasteiger partial charge in [-0.15, -0.1) is 11.3 Å². The van der Waals surface area contributed by atoms with Crippen LogP contribution >= 0.6 is 11.3 Å². The van der Waals surface area contributed by atoms with Crippen LogP contribution in [-0.4, -0.2) is 40.1 Å². The maximum absolute atomic E-state index is 10.9. The van der Waals surface area contributed by atoms with Crippen molar-refractivity contribution < 1.29 is 9.90 Å². The van der Waals surface area contributed by atoms with E-state index >= 15 is 0 Å².